The number of nitrogens with zero attached hydrogens (tertiary/aromatic N) is 3. The summed E-state index contributed by atoms with van der Waals surface area (Å²) in [7, 11) is 0. The van der Waals surface area contributed by atoms with Crippen LogP contribution < -0.4 is 10.2 Å². The van der Waals surface area contributed by atoms with Gasteiger partial charge in [0.15, 0.2) is 11.0 Å². The first-order chi connectivity index (χ1) is 9.85. The van der Waals surface area contributed by atoms with Gasteiger partial charge in [-0.05, 0) is 33.6 Å². The molecule has 0 spiro atoms. The van der Waals surface area contributed by atoms with E-state index in [9.17, 15) is 4.79 Å². The van der Waals surface area contributed by atoms with Crippen LogP contribution in [0.15, 0.2) is 12.4 Å². The second-order valence-electron chi connectivity index (χ2n) is 6.10. The van der Waals surface area contributed by atoms with E-state index in [0.29, 0.717) is 17.5 Å². The Labute approximate surface area is 129 Å². The average Bonchev–Trinajstić information content (AvgIpc) is 2.37. The fraction of sp³-hybridized carbons (Fsp3) is 0.643. The molecule has 6 nitrogen and oxygen atoms in total. The van der Waals surface area contributed by atoms with Gasteiger partial charge in [-0.2, -0.15) is 0 Å². The number of hydrogen-bond donors (Lipinski definition) is 1. The largest absolute Gasteiger partial charge is 0.444 e. The summed E-state index contributed by atoms with van der Waals surface area (Å²) in [6, 6.07) is 0.0201. The van der Waals surface area contributed by atoms with E-state index in [1.165, 1.54) is 0 Å². The van der Waals surface area contributed by atoms with Gasteiger partial charge in [-0.1, -0.05) is 11.6 Å². The van der Waals surface area contributed by atoms with E-state index >= 15 is 0 Å². The van der Waals surface area contributed by atoms with Crippen LogP contribution in [0.5, 0.6) is 0 Å². The first kappa shape index (κ1) is 15.8. The second-order valence-corrected chi connectivity index (χ2v) is 6.46. The van der Waals surface area contributed by atoms with Crippen molar-refractivity contribution in [1.82, 2.24) is 15.3 Å². The highest BCUT2D eigenvalue weighted by atomic mass is 35.5. The molecule has 0 radical (unpaired) electrons. The molecule has 116 valence electrons. The number of rotatable bonds is 2. The molecular weight excluding hydrogens is 292 g/mol. The van der Waals surface area contributed by atoms with Crippen LogP contribution in [0, 0.1) is 0 Å². The first-order valence-corrected chi connectivity index (χ1v) is 7.44. The standard InChI is InChI=1S/C14H21ClN4O2/c1-14(2,3)21-13(20)18-10-5-4-8-19(9-10)12-11(15)16-6-7-17-12/h6-7,10H,4-5,8-9H2,1-3H3,(H,18,20)/t10-/m0/s1. The van der Waals surface area contributed by atoms with E-state index in [1.807, 2.05) is 25.7 Å². The fourth-order valence-corrected chi connectivity index (χ4v) is 2.51. The molecule has 0 bridgehead atoms. The lowest BCUT2D eigenvalue weighted by Gasteiger charge is -2.34. The zero-order valence-electron chi connectivity index (χ0n) is 12.6. The summed E-state index contributed by atoms with van der Waals surface area (Å²) in [6.45, 7) is 7.04. The minimum Gasteiger partial charge on any atom is -0.444 e. The number of aromatic nitrogens is 2. The maximum absolute atomic E-state index is 11.8. The van der Waals surface area contributed by atoms with Crippen LogP contribution in [0.3, 0.4) is 0 Å². The quantitative estimate of drug-likeness (QED) is 0.909. The molecule has 1 atom stereocenters. The van der Waals surface area contributed by atoms with E-state index in [0.717, 1.165) is 19.4 Å². The zero-order chi connectivity index (χ0) is 15.5. The number of hydrogen-bond acceptors (Lipinski definition) is 5. The Morgan fingerprint density at radius 2 is 2.14 bits per heavy atom. The molecule has 1 saturated heterocycles. The highest BCUT2D eigenvalue weighted by molar-refractivity contribution is 6.31. The molecular formula is C14H21ClN4O2. The first-order valence-electron chi connectivity index (χ1n) is 7.06. The predicted molar refractivity (Wildman–Crippen MR) is 81.6 cm³/mol. The van der Waals surface area contributed by atoms with E-state index in [-0.39, 0.29) is 12.1 Å². The van der Waals surface area contributed by atoms with Crippen LogP contribution >= 0.6 is 11.6 Å². The van der Waals surface area contributed by atoms with Crippen LogP contribution in [0.2, 0.25) is 5.15 Å². The molecule has 0 aliphatic carbocycles. The molecule has 1 N–H and O–H groups in total. The van der Waals surface area contributed by atoms with Crippen LogP contribution in [0.4, 0.5) is 10.6 Å². The number of carbonyl (C=O) groups is 1. The normalized spacial score (nSPS) is 19.2. The minimum atomic E-state index is -0.493. The molecule has 1 fully saturated rings. The summed E-state index contributed by atoms with van der Waals surface area (Å²) >= 11 is 6.07. The van der Waals surface area contributed by atoms with Gasteiger partial charge in [-0.15, -0.1) is 0 Å². The van der Waals surface area contributed by atoms with Crippen molar-refractivity contribution in [2.45, 2.75) is 45.3 Å². The van der Waals surface area contributed by atoms with E-state index < -0.39 is 5.60 Å². The number of anilines is 1. The number of ether oxygens (including phenoxy) is 1. The molecule has 21 heavy (non-hydrogen) atoms. The molecule has 0 saturated carbocycles. The molecule has 1 aromatic heterocycles. The van der Waals surface area contributed by atoms with Gasteiger partial charge in [0.1, 0.15) is 5.60 Å². The minimum absolute atomic E-state index is 0.0201. The third-order valence-electron chi connectivity index (χ3n) is 3.08. The Morgan fingerprint density at radius 1 is 1.43 bits per heavy atom. The maximum atomic E-state index is 11.8. The second kappa shape index (κ2) is 6.47. The van der Waals surface area contributed by atoms with Crippen molar-refractivity contribution in [3.8, 4) is 0 Å². The van der Waals surface area contributed by atoms with Crippen molar-refractivity contribution >= 4 is 23.5 Å². The van der Waals surface area contributed by atoms with Gasteiger partial charge in [0.25, 0.3) is 0 Å². The van der Waals surface area contributed by atoms with E-state index in [4.69, 9.17) is 16.3 Å². The van der Waals surface area contributed by atoms with Crippen molar-refractivity contribution in [2.24, 2.45) is 0 Å². The van der Waals surface area contributed by atoms with Crippen molar-refractivity contribution in [2.75, 3.05) is 18.0 Å². The summed E-state index contributed by atoms with van der Waals surface area (Å²) in [5.74, 6) is 0.662. The topological polar surface area (TPSA) is 67.3 Å². The number of carbonyl (C=O) groups excluding carboxylic acids is 1. The predicted octanol–water partition coefficient (Wildman–Crippen LogP) is 2.62. The molecule has 7 heteroatoms. The third kappa shape index (κ3) is 4.74. The molecule has 1 aliphatic rings. The summed E-state index contributed by atoms with van der Waals surface area (Å²) in [5, 5.41) is 3.29. The number of piperidine rings is 1. The Bertz CT molecular complexity index is 504. The lowest BCUT2D eigenvalue weighted by Crippen LogP contribution is -2.49. The molecule has 0 unspecified atom stereocenters. The van der Waals surface area contributed by atoms with E-state index in [2.05, 4.69) is 15.3 Å². The van der Waals surface area contributed by atoms with Gasteiger partial charge in [-0.25, -0.2) is 14.8 Å². The Morgan fingerprint density at radius 3 is 2.81 bits per heavy atom. The zero-order valence-corrected chi connectivity index (χ0v) is 13.4. The summed E-state index contributed by atoms with van der Waals surface area (Å²) in [6.07, 6.45) is 4.65. The van der Waals surface area contributed by atoms with Crippen molar-refractivity contribution in [3.63, 3.8) is 0 Å². The molecule has 2 rings (SSSR count). The van der Waals surface area contributed by atoms with Gasteiger partial charge >= 0.3 is 6.09 Å². The molecule has 1 aromatic rings. The van der Waals surface area contributed by atoms with Crippen molar-refractivity contribution in [3.05, 3.63) is 17.5 Å². The Balaban J connectivity index is 1.95. The highest BCUT2D eigenvalue weighted by Crippen LogP contribution is 2.23. The monoisotopic (exact) mass is 312 g/mol. The van der Waals surface area contributed by atoms with Gasteiger partial charge in [0.2, 0.25) is 0 Å². The van der Waals surface area contributed by atoms with Crippen LogP contribution in [0.25, 0.3) is 0 Å². The van der Waals surface area contributed by atoms with Gasteiger partial charge in [0, 0.05) is 31.5 Å². The average molecular weight is 313 g/mol. The number of amides is 1. The van der Waals surface area contributed by atoms with Gasteiger partial charge in [0.05, 0.1) is 0 Å². The number of alkyl carbamates (subject to hydrolysis) is 1. The molecule has 1 amide bonds. The smallest absolute Gasteiger partial charge is 0.407 e. The number of nitrogens with one attached hydrogen (secondary N) is 1. The third-order valence-corrected chi connectivity index (χ3v) is 3.34. The van der Waals surface area contributed by atoms with Gasteiger partial charge in [-0.3, -0.25) is 0 Å². The number of halogens is 1. The van der Waals surface area contributed by atoms with E-state index in [1.54, 1.807) is 12.4 Å². The fourth-order valence-electron chi connectivity index (χ4n) is 2.29. The lowest BCUT2D eigenvalue weighted by molar-refractivity contribution is 0.0500. The van der Waals surface area contributed by atoms with Crippen LogP contribution in [0.1, 0.15) is 33.6 Å². The summed E-state index contributed by atoms with van der Waals surface area (Å²) in [5.41, 5.74) is -0.493. The summed E-state index contributed by atoms with van der Waals surface area (Å²) in [4.78, 5) is 22.2. The van der Waals surface area contributed by atoms with Crippen molar-refractivity contribution < 1.29 is 9.53 Å². The highest BCUT2D eigenvalue weighted by Gasteiger charge is 2.25. The van der Waals surface area contributed by atoms with Gasteiger partial charge < -0.3 is 15.0 Å². The van der Waals surface area contributed by atoms with Crippen LogP contribution in [-0.4, -0.2) is 40.8 Å². The summed E-state index contributed by atoms with van der Waals surface area (Å²) < 4.78 is 5.28. The van der Waals surface area contributed by atoms with Crippen LogP contribution in [-0.2, 0) is 4.74 Å². The Hall–Kier alpha value is -1.56. The SMILES string of the molecule is CC(C)(C)OC(=O)N[C@H]1CCCN(c2nccnc2Cl)C1. The maximum Gasteiger partial charge on any atom is 0.407 e. The molecule has 2 heterocycles. The molecule has 1 aliphatic heterocycles. The van der Waals surface area contributed by atoms with Crippen molar-refractivity contribution in [1.29, 1.82) is 0 Å². The lowest BCUT2D eigenvalue weighted by atomic mass is 10.1. The Kier molecular flexibility index (Phi) is 4.88. The molecule has 0 aromatic carbocycles.